The summed E-state index contributed by atoms with van der Waals surface area (Å²) in [5, 5.41) is 9.10. The molecule has 0 bridgehead atoms. The van der Waals surface area contributed by atoms with Crippen molar-refractivity contribution < 1.29 is 5.11 Å². The van der Waals surface area contributed by atoms with Crippen LogP contribution in [0.15, 0.2) is 0 Å². The highest BCUT2D eigenvalue weighted by molar-refractivity contribution is 4.74. The Morgan fingerprint density at radius 1 is 1.07 bits per heavy atom. The summed E-state index contributed by atoms with van der Waals surface area (Å²) >= 11 is 0. The molecule has 0 aromatic carbocycles. The first-order valence-electron chi connectivity index (χ1n) is 6.73. The lowest BCUT2D eigenvalue weighted by Crippen LogP contribution is -2.37. The molecule has 15 heavy (non-hydrogen) atoms. The topological polar surface area (TPSA) is 23.5 Å². The van der Waals surface area contributed by atoms with E-state index >= 15 is 0 Å². The Hall–Kier alpha value is -0.0800. The fourth-order valence-corrected chi connectivity index (χ4v) is 2.59. The third-order valence-corrected chi connectivity index (χ3v) is 3.53. The second kappa shape index (κ2) is 8.12. The molecule has 1 fully saturated rings. The van der Waals surface area contributed by atoms with Gasteiger partial charge < -0.3 is 5.11 Å². The molecule has 1 aliphatic carbocycles. The molecule has 1 aliphatic rings. The van der Waals surface area contributed by atoms with Crippen LogP contribution in [-0.4, -0.2) is 35.7 Å². The van der Waals surface area contributed by atoms with Crippen molar-refractivity contribution in [1.29, 1.82) is 0 Å². The molecule has 0 spiro atoms. The van der Waals surface area contributed by atoms with E-state index in [4.69, 9.17) is 5.11 Å². The first-order valence-corrected chi connectivity index (χ1v) is 6.73. The van der Waals surface area contributed by atoms with Crippen LogP contribution in [0, 0.1) is 0 Å². The average molecular weight is 213 g/mol. The predicted molar refractivity (Wildman–Crippen MR) is 65.1 cm³/mol. The minimum absolute atomic E-state index is 0.320. The summed E-state index contributed by atoms with van der Waals surface area (Å²) in [4.78, 5) is 2.52. The van der Waals surface area contributed by atoms with Crippen LogP contribution in [0.3, 0.4) is 0 Å². The number of rotatable bonds is 6. The van der Waals surface area contributed by atoms with Crippen LogP contribution in [0.4, 0.5) is 0 Å². The molecule has 0 unspecified atom stereocenters. The van der Waals surface area contributed by atoms with E-state index in [0.29, 0.717) is 6.61 Å². The third kappa shape index (κ3) is 4.98. The van der Waals surface area contributed by atoms with Crippen LogP contribution in [0.25, 0.3) is 0 Å². The van der Waals surface area contributed by atoms with Gasteiger partial charge in [-0.05, 0) is 25.8 Å². The maximum Gasteiger partial charge on any atom is 0.0558 e. The van der Waals surface area contributed by atoms with Crippen LogP contribution >= 0.6 is 0 Å². The van der Waals surface area contributed by atoms with Gasteiger partial charge in [-0.1, -0.05) is 39.0 Å². The lowest BCUT2D eigenvalue weighted by Gasteiger charge is -2.30. The van der Waals surface area contributed by atoms with Crippen molar-refractivity contribution in [2.24, 2.45) is 0 Å². The summed E-state index contributed by atoms with van der Waals surface area (Å²) in [6.45, 7) is 4.62. The van der Waals surface area contributed by atoms with Crippen molar-refractivity contribution >= 4 is 0 Å². The fourth-order valence-electron chi connectivity index (χ4n) is 2.59. The number of nitrogens with zero attached hydrogens (tertiary/aromatic N) is 1. The monoisotopic (exact) mass is 213 g/mol. The van der Waals surface area contributed by atoms with E-state index in [1.54, 1.807) is 0 Å². The Labute approximate surface area is 94.7 Å². The highest BCUT2D eigenvalue weighted by Gasteiger charge is 2.18. The molecule has 2 heteroatoms. The first-order chi connectivity index (χ1) is 7.38. The zero-order valence-electron chi connectivity index (χ0n) is 10.2. The zero-order chi connectivity index (χ0) is 10.9. The number of aliphatic hydroxyl groups is 1. The van der Waals surface area contributed by atoms with Crippen molar-refractivity contribution in [1.82, 2.24) is 4.90 Å². The number of aliphatic hydroxyl groups excluding tert-OH is 1. The Kier molecular flexibility index (Phi) is 7.03. The number of hydrogen-bond acceptors (Lipinski definition) is 2. The molecule has 0 atom stereocenters. The van der Waals surface area contributed by atoms with Gasteiger partial charge in [0.2, 0.25) is 0 Å². The second-order valence-electron chi connectivity index (χ2n) is 4.76. The Morgan fingerprint density at radius 2 is 1.73 bits per heavy atom. The molecular formula is C13H27NO. The third-order valence-electron chi connectivity index (χ3n) is 3.53. The van der Waals surface area contributed by atoms with E-state index in [1.165, 1.54) is 57.9 Å². The molecule has 0 radical (unpaired) electrons. The molecule has 1 N–H and O–H groups in total. The molecule has 0 aromatic heterocycles. The zero-order valence-corrected chi connectivity index (χ0v) is 10.2. The highest BCUT2D eigenvalue weighted by Crippen LogP contribution is 2.22. The van der Waals surface area contributed by atoms with E-state index in [-0.39, 0.29) is 0 Å². The van der Waals surface area contributed by atoms with Gasteiger partial charge in [0.05, 0.1) is 6.61 Å². The van der Waals surface area contributed by atoms with Gasteiger partial charge in [0.25, 0.3) is 0 Å². The second-order valence-corrected chi connectivity index (χ2v) is 4.76. The largest absolute Gasteiger partial charge is 0.395 e. The fraction of sp³-hybridized carbons (Fsp3) is 1.00. The lowest BCUT2D eigenvalue weighted by molar-refractivity contribution is 0.137. The average Bonchev–Trinajstić information content (AvgIpc) is 2.52. The van der Waals surface area contributed by atoms with E-state index in [2.05, 4.69) is 11.8 Å². The number of unbranched alkanes of at least 4 members (excludes halogenated alkanes) is 1. The predicted octanol–water partition coefficient (Wildman–Crippen LogP) is 2.80. The van der Waals surface area contributed by atoms with Gasteiger partial charge in [-0.3, -0.25) is 4.90 Å². The van der Waals surface area contributed by atoms with Crippen LogP contribution < -0.4 is 0 Å². The van der Waals surface area contributed by atoms with Crippen molar-refractivity contribution in [2.75, 3.05) is 19.7 Å². The van der Waals surface area contributed by atoms with Gasteiger partial charge in [0.1, 0.15) is 0 Å². The van der Waals surface area contributed by atoms with Crippen molar-refractivity contribution in [2.45, 2.75) is 64.3 Å². The summed E-state index contributed by atoms with van der Waals surface area (Å²) in [5.74, 6) is 0. The Bertz CT molecular complexity index is 141. The van der Waals surface area contributed by atoms with Gasteiger partial charge in [-0.2, -0.15) is 0 Å². The SMILES string of the molecule is CCCCN(CCO)C1CCCCCC1. The standard InChI is InChI=1S/C13H27NO/c1-2-3-10-14(11-12-15)13-8-6-4-5-7-9-13/h13,15H,2-12H2,1H3. The molecule has 1 rings (SSSR count). The molecular weight excluding hydrogens is 186 g/mol. The first kappa shape index (κ1) is 13.0. The van der Waals surface area contributed by atoms with Gasteiger partial charge in [-0.25, -0.2) is 0 Å². The summed E-state index contributed by atoms with van der Waals surface area (Å²) in [5.41, 5.74) is 0. The summed E-state index contributed by atoms with van der Waals surface area (Å²) in [6.07, 6.45) is 10.8. The van der Waals surface area contributed by atoms with Crippen molar-refractivity contribution in [3.63, 3.8) is 0 Å². The van der Waals surface area contributed by atoms with Crippen LogP contribution in [-0.2, 0) is 0 Å². The van der Waals surface area contributed by atoms with E-state index in [9.17, 15) is 0 Å². The minimum Gasteiger partial charge on any atom is -0.395 e. The molecule has 2 nitrogen and oxygen atoms in total. The summed E-state index contributed by atoms with van der Waals surface area (Å²) in [7, 11) is 0. The van der Waals surface area contributed by atoms with E-state index < -0.39 is 0 Å². The van der Waals surface area contributed by atoms with Crippen LogP contribution in [0.2, 0.25) is 0 Å². The lowest BCUT2D eigenvalue weighted by atomic mass is 10.1. The van der Waals surface area contributed by atoms with Gasteiger partial charge in [0, 0.05) is 12.6 Å². The van der Waals surface area contributed by atoms with E-state index in [1.807, 2.05) is 0 Å². The maximum atomic E-state index is 9.10. The number of hydrogen-bond donors (Lipinski definition) is 1. The normalized spacial score (nSPS) is 19.4. The molecule has 90 valence electrons. The minimum atomic E-state index is 0.320. The molecule has 0 saturated heterocycles. The maximum absolute atomic E-state index is 9.10. The van der Waals surface area contributed by atoms with Crippen LogP contribution in [0.5, 0.6) is 0 Å². The van der Waals surface area contributed by atoms with Crippen molar-refractivity contribution in [3.05, 3.63) is 0 Å². The van der Waals surface area contributed by atoms with Crippen molar-refractivity contribution in [3.8, 4) is 0 Å². The molecule has 0 heterocycles. The summed E-state index contributed by atoms with van der Waals surface area (Å²) < 4.78 is 0. The van der Waals surface area contributed by atoms with Crippen LogP contribution in [0.1, 0.15) is 58.3 Å². The molecule has 0 amide bonds. The summed E-state index contributed by atoms with van der Waals surface area (Å²) in [6, 6.07) is 0.756. The van der Waals surface area contributed by atoms with E-state index in [0.717, 1.165) is 12.6 Å². The highest BCUT2D eigenvalue weighted by atomic mass is 16.3. The quantitative estimate of drug-likeness (QED) is 0.686. The van der Waals surface area contributed by atoms with Gasteiger partial charge in [-0.15, -0.1) is 0 Å². The molecule has 1 saturated carbocycles. The Balaban J connectivity index is 2.36. The van der Waals surface area contributed by atoms with Gasteiger partial charge in [0.15, 0.2) is 0 Å². The smallest absolute Gasteiger partial charge is 0.0558 e. The van der Waals surface area contributed by atoms with Gasteiger partial charge >= 0.3 is 0 Å². The Morgan fingerprint density at radius 3 is 2.27 bits per heavy atom. The molecule has 0 aromatic rings. The molecule has 0 aliphatic heterocycles.